The first-order valence-electron chi connectivity index (χ1n) is 6.62. The number of carbonyl (C=O) groups excluding carboxylic acids is 1. The number of pyridine rings is 1. The van der Waals surface area contributed by atoms with Gasteiger partial charge in [0.1, 0.15) is 5.82 Å². The predicted octanol–water partition coefficient (Wildman–Crippen LogP) is 2.30. The average Bonchev–Trinajstić information content (AvgIpc) is 2.45. The topological polar surface area (TPSA) is 62.2 Å². The van der Waals surface area contributed by atoms with Gasteiger partial charge in [-0.3, -0.25) is 9.78 Å². The summed E-state index contributed by atoms with van der Waals surface area (Å²) < 4.78 is 12.9. The molecule has 0 aliphatic carbocycles. The Kier molecular flexibility index (Phi) is 4.65. The van der Waals surface area contributed by atoms with Crippen molar-refractivity contribution in [3.8, 4) is 0 Å². The molecule has 5 heteroatoms. The van der Waals surface area contributed by atoms with Crippen molar-refractivity contribution in [2.24, 2.45) is 0 Å². The van der Waals surface area contributed by atoms with Crippen LogP contribution in [0.4, 0.5) is 4.39 Å². The van der Waals surface area contributed by atoms with Gasteiger partial charge in [0, 0.05) is 5.69 Å². The van der Waals surface area contributed by atoms with E-state index in [0.717, 1.165) is 5.69 Å². The maximum Gasteiger partial charge on any atom is 0.253 e. The Labute approximate surface area is 122 Å². The quantitative estimate of drug-likeness (QED) is 0.907. The molecule has 0 radical (unpaired) electrons. The normalized spacial score (nSPS) is 12.0. The van der Waals surface area contributed by atoms with Crippen molar-refractivity contribution >= 4 is 5.91 Å². The monoisotopic (exact) mass is 288 g/mol. The molecule has 0 bridgehead atoms. The minimum absolute atomic E-state index is 0.268. The average molecular weight is 288 g/mol. The Morgan fingerprint density at radius 3 is 2.48 bits per heavy atom. The lowest BCUT2D eigenvalue weighted by Crippen LogP contribution is -2.31. The number of amides is 1. The largest absolute Gasteiger partial charge is 0.394 e. The second kappa shape index (κ2) is 6.45. The zero-order chi connectivity index (χ0) is 15.4. The fraction of sp³-hybridized carbons (Fsp3) is 0.250. The summed E-state index contributed by atoms with van der Waals surface area (Å²) in [5, 5.41) is 12.2. The first-order chi connectivity index (χ1) is 10.0. The maximum atomic E-state index is 12.9. The smallest absolute Gasteiger partial charge is 0.253 e. The molecule has 0 aliphatic rings. The number of aliphatic hydroxyl groups is 1. The number of nitrogens with zero attached hydrogens (tertiary/aromatic N) is 1. The summed E-state index contributed by atoms with van der Waals surface area (Å²) in [5.41, 5.74) is 2.57. The Morgan fingerprint density at radius 1 is 1.24 bits per heavy atom. The summed E-state index contributed by atoms with van der Waals surface area (Å²) >= 11 is 0. The van der Waals surface area contributed by atoms with Crippen molar-refractivity contribution in [2.75, 3.05) is 6.61 Å². The SMILES string of the molecule is Cc1ccc(C(=O)N[C@@H](CO)c2ccc(F)cc2)c(C)n1. The van der Waals surface area contributed by atoms with Crippen LogP contribution in [0, 0.1) is 19.7 Å². The highest BCUT2D eigenvalue weighted by Gasteiger charge is 2.17. The molecule has 2 aromatic rings. The van der Waals surface area contributed by atoms with E-state index in [1.165, 1.54) is 24.3 Å². The molecule has 1 atom stereocenters. The molecule has 1 amide bonds. The van der Waals surface area contributed by atoms with Gasteiger partial charge in [-0.1, -0.05) is 12.1 Å². The minimum Gasteiger partial charge on any atom is -0.394 e. The highest BCUT2D eigenvalue weighted by atomic mass is 19.1. The molecule has 1 aromatic carbocycles. The van der Waals surface area contributed by atoms with Crippen LogP contribution < -0.4 is 5.32 Å². The summed E-state index contributed by atoms with van der Waals surface area (Å²) in [7, 11) is 0. The third kappa shape index (κ3) is 3.64. The molecular formula is C16H17FN2O2. The van der Waals surface area contributed by atoms with E-state index in [9.17, 15) is 14.3 Å². The van der Waals surface area contributed by atoms with Crippen molar-refractivity contribution in [2.45, 2.75) is 19.9 Å². The van der Waals surface area contributed by atoms with Crippen molar-refractivity contribution in [1.29, 1.82) is 0 Å². The molecule has 1 heterocycles. The molecule has 110 valence electrons. The van der Waals surface area contributed by atoms with Gasteiger partial charge < -0.3 is 10.4 Å². The van der Waals surface area contributed by atoms with Gasteiger partial charge in [-0.2, -0.15) is 0 Å². The van der Waals surface area contributed by atoms with Gasteiger partial charge >= 0.3 is 0 Å². The molecule has 2 rings (SSSR count). The van der Waals surface area contributed by atoms with E-state index in [1.807, 2.05) is 6.92 Å². The van der Waals surface area contributed by atoms with Crippen LogP contribution in [0.15, 0.2) is 36.4 Å². The Bertz CT molecular complexity index is 641. The third-order valence-electron chi connectivity index (χ3n) is 3.23. The van der Waals surface area contributed by atoms with Crippen molar-refractivity contribution < 1.29 is 14.3 Å². The molecule has 0 spiro atoms. The van der Waals surface area contributed by atoms with E-state index < -0.39 is 6.04 Å². The summed E-state index contributed by atoms with van der Waals surface area (Å²) in [6.07, 6.45) is 0. The molecule has 21 heavy (non-hydrogen) atoms. The first-order valence-corrected chi connectivity index (χ1v) is 6.62. The van der Waals surface area contributed by atoms with Crippen LogP contribution in [0.5, 0.6) is 0 Å². The lowest BCUT2D eigenvalue weighted by Gasteiger charge is -2.17. The third-order valence-corrected chi connectivity index (χ3v) is 3.23. The molecule has 2 N–H and O–H groups in total. The summed E-state index contributed by atoms with van der Waals surface area (Å²) in [5.74, 6) is -0.677. The van der Waals surface area contributed by atoms with E-state index in [4.69, 9.17) is 0 Å². The number of benzene rings is 1. The zero-order valence-corrected chi connectivity index (χ0v) is 11.9. The minimum atomic E-state index is -0.584. The van der Waals surface area contributed by atoms with Gasteiger partial charge in [0.2, 0.25) is 0 Å². The Morgan fingerprint density at radius 2 is 1.90 bits per heavy atom. The Hall–Kier alpha value is -2.27. The molecule has 1 aromatic heterocycles. The van der Waals surface area contributed by atoms with Gasteiger partial charge in [0.15, 0.2) is 0 Å². The van der Waals surface area contributed by atoms with E-state index in [0.29, 0.717) is 16.8 Å². The van der Waals surface area contributed by atoms with Crippen LogP contribution in [-0.2, 0) is 0 Å². The summed E-state index contributed by atoms with van der Waals surface area (Å²) in [6.45, 7) is 3.34. The van der Waals surface area contributed by atoms with Gasteiger partial charge in [-0.15, -0.1) is 0 Å². The van der Waals surface area contributed by atoms with Crippen LogP contribution >= 0.6 is 0 Å². The number of hydrogen-bond donors (Lipinski definition) is 2. The maximum absolute atomic E-state index is 12.9. The zero-order valence-electron chi connectivity index (χ0n) is 11.9. The van der Waals surface area contributed by atoms with Crippen molar-refractivity contribution in [3.63, 3.8) is 0 Å². The second-order valence-electron chi connectivity index (χ2n) is 4.85. The number of nitrogens with one attached hydrogen (secondary N) is 1. The molecule has 4 nitrogen and oxygen atoms in total. The lowest BCUT2D eigenvalue weighted by atomic mass is 10.1. The van der Waals surface area contributed by atoms with E-state index in [1.54, 1.807) is 19.1 Å². The number of hydrogen-bond acceptors (Lipinski definition) is 3. The van der Waals surface area contributed by atoms with Gasteiger partial charge in [-0.05, 0) is 43.7 Å². The van der Waals surface area contributed by atoms with Crippen molar-refractivity contribution in [1.82, 2.24) is 10.3 Å². The molecule has 0 aliphatic heterocycles. The molecule has 0 unspecified atom stereocenters. The number of halogens is 1. The summed E-state index contributed by atoms with van der Waals surface area (Å²) in [4.78, 5) is 16.5. The molecule has 0 fully saturated rings. The number of aromatic nitrogens is 1. The van der Waals surface area contributed by atoms with Gasteiger partial charge in [0.05, 0.1) is 23.9 Å². The fourth-order valence-corrected chi connectivity index (χ4v) is 2.09. The summed E-state index contributed by atoms with van der Waals surface area (Å²) in [6, 6.07) is 8.54. The van der Waals surface area contributed by atoms with Gasteiger partial charge in [0.25, 0.3) is 5.91 Å². The number of aliphatic hydroxyl groups excluding tert-OH is 1. The Balaban J connectivity index is 2.18. The van der Waals surface area contributed by atoms with Crippen molar-refractivity contribution in [3.05, 3.63) is 64.7 Å². The fourth-order valence-electron chi connectivity index (χ4n) is 2.09. The van der Waals surface area contributed by atoms with Crippen LogP contribution in [0.25, 0.3) is 0 Å². The van der Waals surface area contributed by atoms with Crippen LogP contribution in [0.3, 0.4) is 0 Å². The highest BCUT2D eigenvalue weighted by Crippen LogP contribution is 2.15. The number of rotatable bonds is 4. The van der Waals surface area contributed by atoms with E-state index >= 15 is 0 Å². The predicted molar refractivity (Wildman–Crippen MR) is 77.4 cm³/mol. The first kappa shape index (κ1) is 15.1. The standard InChI is InChI=1S/C16H17FN2O2/c1-10-3-8-14(11(2)18-10)16(21)19-15(9-20)12-4-6-13(17)7-5-12/h3-8,15,20H,9H2,1-2H3,(H,19,21)/t15-/m0/s1. The molecule has 0 saturated heterocycles. The van der Waals surface area contributed by atoms with Crippen LogP contribution in [0.2, 0.25) is 0 Å². The van der Waals surface area contributed by atoms with E-state index in [2.05, 4.69) is 10.3 Å². The van der Waals surface area contributed by atoms with E-state index in [-0.39, 0.29) is 18.3 Å². The number of carbonyl (C=O) groups is 1. The molecular weight excluding hydrogens is 271 g/mol. The number of aryl methyl sites for hydroxylation is 2. The van der Waals surface area contributed by atoms with Gasteiger partial charge in [-0.25, -0.2) is 4.39 Å². The second-order valence-corrected chi connectivity index (χ2v) is 4.85. The van der Waals surface area contributed by atoms with Crippen LogP contribution in [0.1, 0.15) is 33.4 Å². The lowest BCUT2D eigenvalue weighted by molar-refractivity contribution is 0.0915. The highest BCUT2D eigenvalue weighted by molar-refractivity contribution is 5.95. The van der Waals surface area contributed by atoms with Crippen LogP contribution in [-0.4, -0.2) is 22.6 Å². The molecule has 0 saturated carbocycles.